The van der Waals surface area contributed by atoms with Gasteiger partial charge in [0.1, 0.15) is 12.2 Å². The number of methoxy groups -OCH3 is 1. The van der Waals surface area contributed by atoms with Crippen LogP contribution in [0.1, 0.15) is 16.1 Å². The summed E-state index contributed by atoms with van der Waals surface area (Å²) in [4.78, 5) is 38.3. The van der Waals surface area contributed by atoms with Crippen molar-refractivity contribution in [1.29, 1.82) is 0 Å². The summed E-state index contributed by atoms with van der Waals surface area (Å²) in [6.45, 7) is 1.03. The fourth-order valence-corrected chi connectivity index (χ4v) is 2.85. The highest BCUT2D eigenvalue weighted by Gasteiger charge is 2.26. The molecule has 2 amide bonds. The van der Waals surface area contributed by atoms with Crippen molar-refractivity contribution in [3.8, 4) is 0 Å². The van der Waals surface area contributed by atoms with E-state index < -0.39 is 5.56 Å². The van der Waals surface area contributed by atoms with Gasteiger partial charge in [0.25, 0.3) is 11.5 Å². The molecule has 0 atom stereocenters. The number of para-hydroxylation sites is 1. The van der Waals surface area contributed by atoms with Crippen LogP contribution in [-0.2, 0) is 22.5 Å². The number of nitrogens with one attached hydrogen (secondary N) is 1. The molecule has 1 aliphatic rings. The summed E-state index contributed by atoms with van der Waals surface area (Å²) in [7, 11) is 1.53. The molecular formula is C18H20N4O4. The molecule has 1 N–H and O–H groups in total. The van der Waals surface area contributed by atoms with Crippen molar-refractivity contribution in [2.75, 3.05) is 31.7 Å². The van der Waals surface area contributed by atoms with Gasteiger partial charge in [0, 0.05) is 32.0 Å². The lowest BCUT2D eigenvalue weighted by molar-refractivity contribution is -0.122. The van der Waals surface area contributed by atoms with Gasteiger partial charge in [-0.05, 0) is 24.1 Å². The highest BCUT2D eigenvalue weighted by Crippen LogP contribution is 2.28. The molecule has 26 heavy (non-hydrogen) atoms. The predicted octanol–water partition coefficient (Wildman–Crippen LogP) is 0.209. The molecule has 3 rings (SSSR count). The smallest absolute Gasteiger partial charge is 0.278 e. The lowest BCUT2D eigenvalue weighted by atomic mass is 10.2. The molecule has 0 unspecified atom stereocenters. The van der Waals surface area contributed by atoms with Gasteiger partial charge in [-0.15, -0.1) is 0 Å². The van der Waals surface area contributed by atoms with Gasteiger partial charge in [0.05, 0.1) is 6.61 Å². The highest BCUT2D eigenvalue weighted by molar-refractivity contribution is 6.05. The van der Waals surface area contributed by atoms with Gasteiger partial charge in [-0.25, -0.2) is 4.68 Å². The van der Waals surface area contributed by atoms with E-state index in [9.17, 15) is 14.4 Å². The number of ether oxygens (including phenoxy) is 1. The van der Waals surface area contributed by atoms with Crippen LogP contribution in [0.3, 0.4) is 0 Å². The van der Waals surface area contributed by atoms with E-state index in [0.717, 1.165) is 22.4 Å². The van der Waals surface area contributed by atoms with E-state index in [-0.39, 0.29) is 24.1 Å². The van der Waals surface area contributed by atoms with E-state index in [2.05, 4.69) is 10.4 Å². The maximum atomic E-state index is 12.8. The summed E-state index contributed by atoms with van der Waals surface area (Å²) in [6, 6.07) is 10.3. The predicted molar refractivity (Wildman–Crippen MR) is 95.2 cm³/mol. The van der Waals surface area contributed by atoms with E-state index in [1.54, 1.807) is 4.90 Å². The van der Waals surface area contributed by atoms with Crippen molar-refractivity contribution in [1.82, 2.24) is 15.1 Å². The van der Waals surface area contributed by atoms with E-state index in [4.69, 9.17) is 4.74 Å². The van der Waals surface area contributed by atoms with Gasteiger partial charge in [-0.3, -0.25) is 14.4 Å². The molecule has 0 radical (unpaired) electrons. The summed E-state index contributed by atoms with van der Waals surface area (Å²) in [5, 5.41) is 6.70. The van der Waals surface area contributed by atoms with Crippen LogP contribution in [0.15, 0.2) is 41.2 Å². The Kier molecular flexibility index (Phi) is 5.43. The third-order valence-corrected chi connectivity index (χ3v) is 4.14. The second-order valence-electron chi connectivity index (χ2n) is 5.89. The number of nitrogens with zero attached hydrogens (tertiary/aromatic N) is 3. The minimum Gasteiger partial charge on any atom is -0.383 e. The molecule has 8 nitrogen and oxygen atoms in total. The maximum Gasteiger partial charge on any atom is 0.278 e. The topological polar surface area (TPSA) is 93.5 Å². The third kappa shape index (κ3) is 3.80. The van der Waals surface area contributed by atoms with Crippen LogP contribution in [-0.4, -0.2) is 48.4 Å². The summed E-state index contributed by atoms with van der Waals surface area (Å²) < 4.78 is 5.85. The Balaban J connectivity index is 1.76. The number of hydrogen-bond donors (Lipinski definition) is 1. The van der Waals surface area contributed by atoms with Crippen LogP contribution in [0.5, 0.6) is 0 Å². The number of rotatable bonds is 6. The summed E-state index contributed by atoms with van der Waals surface area (Å²) in [6.07, 6.45) is 0.781. The molecule has 0 spiro atoms. The Morgan fingerprint density at radius 1 is 1.23 bits per heavy atom. The first-order chi connectivity index (χ1) is 12.6. The van der Waals surface area contributed by atoms with E-state index in [0.29, 0.717) is 19.7 Å². The second kappa shape index (κ2) is 7.92. The first-order valence-electron chi connectivity index (χ1n) is 8.33. The molecule has 136 valence electrons. The van der Waals surface area contributed by atoms with Crippen molar-refractivity contribution < 1.29 is 14.3 Å². The molecule has 0 saturated carbocycles. The monoisotopic (exact) mass is 356 g/mol. The summed E-state index contributed by atoms with van der Waals surface area (Å²) in [5.41, 5.74) is 1.65. The van der Waals surface area contributed by atoms with Gasteiger partial charge in [-0.1, -0.05) is 18.2 Å². The number of carbonyl (C=O) groups excluding carboxylic acids is 2. The number of anilines is 1. The molecule has 2 heterocycles. The summed E-state index contributed by atoms with van der Waals surface area (Å²) in [5.74, 6) is -0.656. The number of aromatic nitrogens is 2. The minimum atomic E-state index is -0.440. The molecule has 1 aromatic carbocycles. The van der Waals surface area contributed by atoms with Crippen molar-refractivity contribution in [2.24, 2.45) is 0 Å². The lowest BCUT2D eigenvalue weighted by Crippen LogP contribution is -2.37. The second-order valence-corrected chi connectivity index (χ2v) is 5.89. The molecule has 1 aromatic heterocycles. The molecule has 2 aromatic rings. The Morgan fingerprint density at radius 3 is 2.85 bits per heavy atom. The zero-order chi connectivity index (χ0) is 18.5. The largest absolute Gasteiger partial charge is 0.383 e. The van der Waals surface area contributed by atoms with E-state index in [1.165, 1.54) is 19.2 Å². The Bertz CT molecular complexity index is 877. The van der Waals surface area contributed by atoms with Crippen LogP contribution in [0, 0.1) is 0 Å². The molecule has 0 aliphatic carbocycles. The third-order valence-electron chi connectivity index (χ3n) is 4.14. The summed E-state index contributed by atoms with van der Waals surface area (Å²) >= 11 is 0. The SMILES string of the molecule is COCCNC(=O)Cn1nc(C(=O)N2CCc3ccccc32)ccc1=O. The van der Waals surface area contributed by atoms with Crippen molar-refractivity contribution in [2.45, 2.75) is 13.0 Å². The number of carbonyl (C=O) groups is 2. The average molecular weight is 356 g/mol. The fourth-order valence-electron chi connectivity index (χ4n) is 2.85. The molecular weight excluding hydrogens is 336 g/mol. The number of benzene rings is 1. The maximum absolute atomic E-state index is 12.8. The van der Waals surface area contributed by atoms with E-state index in [1.807, 2.05) is 24.3 Å². The van der Waals surface area contributed by atoms with E-state index >= 15 is 0 Å². The average Bonchev–Trinajstić information content (AvgIpc) is 3.07. The quantitative estimate of drug-likeness (QED) is 0.747. The van der Waals surface area contributed by atoms with Crippen molar-refractivity contribution in [3.05, 3.63) is 58.0 Å². The Morgan fingerprint density at radius 2 is 2.04 bits per heavy atom. The van der Waals surface area contributed by atoms with Crippen LogP contribution in [0.4, 0.5) is 5.69 Å². The normalized spacial score (nSPS) is 12.7. The molecule has 1 aliphatic heterocycles. The van der Waals surface area contributed by atoms with Gasteiger partial charge < -0.3 is 15.0 Å². The van der Waals surface area contributed by atoms with Crippen LogP contribution in [0.2, 0.25) is 0 Å². The molecule has 8 heteroatoms. The number of fused-ring (bicyclic) bond motifs is 1. The zero-order valence-corrected chi connectivity index (χ0v) is 14.5. The molecule has 0 saturated heterocycles. The number of hydrogen-bond acceptors (Lipinski definition) is 5. The Labute approximate surface area is 150 Å². The van der Waals surface area contributed by atoms with Crippen LogP contribution >= 0.6 is 0 Å². The van der Waals surface area contributed by atoms with Gasteiger partial charge in [0.15, 0.2) is 0 Å². The van der Waals surface area contributed by atoms with Gasteiger partial charge >= 0.3 is 0 Å². The zero-order valence-electron chi connectivity index (χ0n) is 14.5. The van der Waals surface area contributed by atoms with Crippen molar-refractivity contribution >= 4 is 17.5 Å². The first kappa shape index (κ1) is 17.8. The standard InChI is InChI=1S/C18H20N4O4/c1-26-11-9-19-16(23)12-22-17(24)7-6-14(20-22)18(25)21-10-8-13-4-2-3-5-15(13)21/h2-7H,8-12H2,1H3,(H,19,23). The first-order valence-corrected chi connectivity index (χ1v) is 8.33. The highest BCUT2D eigenvalue weighted by atomic mass is 16.5. The lowest BCUT2D eigenvalue weighted by Gasteiger charge is -2.17. The molecule has 0 fully saturated rings. The Hall–Kier alpha value is -3.00. The van der Waals surface area contributed by atoms with Crippen LogP contribution in [0.25, 0.3) is 0 Å². The minimum absolute atomic E-state index is 0.131. The fraction of sp³-hybridized carbons (Fsp3) is 0.333. The van der Waals surface area contributed by atoms with Gasteiger partial charge in [-0.2, -0.15) is 5.10 Å². The van der Waals surface area contributed by atoms with Crippen LogP contribution < -0.4 is 15.8 Å². The van der Waals surface area contributed by atoms with Gasteiger partial charge in [0.2, 0.25) is 5.91 Å². The number of amides is 2. The molecule has 0 bridgehead atoms. The van der Waals surface area contributed by atoms with Crippen molar-refractivity contribution in [3.63, 3.8) is 0 Å².